The van der Waals surface area contributed by atoms with Gasteiger partial charge in [0.05, 0.1) is 16.4 Å². The number of nitrogen functional groups attached to an aromatic ring is 1. The molecule has 4 heteroatoms. The summed E-state index contributed by atoms with van der Waals surface area (Å²) in [4.78, 5) is 0. The highest BCUT2D eigenvalue weighted by atomic mass is 35.5. The third-order valence-electron chi connectivity index (χ3n) is 2.51. The normalized spacial score (nSPS) is 10.3. The summed E-state index contributed by atoms with van der Waals surface area (Å²) in [6.45, 7) is 1.98. The summed E-state index contributed by atoms with van der Waals surface area (Å²) in [7, 11) is 0. The molecule has 3 N–H and O–H groups in total. The first-order chi connectivity index (χ1) is 8.08. The lowest BCUT2D eigenvalue weighted by molar-refractivity contribution is 0.629. The summed E-state index contributed by atoms with van der Waals surface area (Å²) in [6.07, 6.45) is 0. The predicted molar refractivity (Wildman–Crippen MR) is 70.3 cm³/mol. The molecule has 0 atom stereocenters. The SMILES string of the molecule is Cc1ccccc1Nc1cc(Cl)c(F)cc1N. The topological polar surface area (TPSA) is 38.0 Å². The molecule has 0 saturated heterocycles. The number of nitrogens with one attached hydrogen (secondary N) is 1. The van der Waals surface area contributed by atoms with Gasteiger partial charge >= 0.3 is 0 Å². The van der Waals surface area contributed by atoms with Crippen molar-refractivity contribution in [2.45, 2.75) is 6.92 Å². The number of hydrogen-bond acceptors (Lipinski definition) is 2. The fourth-order valence-electron chi connectivity index (χ4n) is 1.53. The van der Waals surface area contributed by atoms with Crippen LogP contribution in [0, 0.1) is 12.7 Å². The zero-order valence-electron chi connectivity index (χ0n) is 9.30. The summed E-state index contributed by atoms with van der Waals surface area (Å²) in [5.74, 6) is -0.514. The molecular weight excluding hydrogens is 239 g/mol. The predicted octanol–water partition coefficient (Wildman–Crippen LogP) is 4.11. The molecule has 0 saturated carbocycles. The van der Waals surface area contributed by atoms with Crippen LogP contribution in [0.5, 0.6) is 0 Å². The second-order valence-electron chi connectivity index (χ2n) is 3.79. The van der Waals surface area contributed by atoms with Gasteiger partial charge in [-0.2, -0.15) is 0 Å². The highest BCUT2D eigenvalue weighted by Gasteiger charge is 2.07. The van der Waals surface area contributed by atoms with Crippen LogP contribution in [0.15, 0.2) is 36.4 Å². The number of hydrogen-bond donors (Lipinski definition) is 2. The zero-order valence-corrected chi connectivity index (χ0v) is 10.1. The van der Waals surface area contributed by atoms with Crippen molar-refractivity contribution in [3.05, 3.63) is 52.8 Å². The average molecular weight is 251 g/mol. The van der Waals surface area contributed by atoms with E-state index in [-0.39, 0.29) is 5.02 Å². The van der Waals surface area contributed by atoms with Crippen molar-refractivity contribution in [1.29, 1.82) is 0 Å². The molecule has 2 aromatic rings. The molecule has 17 heavy (non-hydrogen) atoms. The Morgan fingerprint density at radius 1 is 1.18 bits per heavy atom. The second kappa shape index (κ2) is 4.63. The van der Waals surface area contributed by atoms with Gasteiger partial charge in [-0.05, 0) is 24.6 Å². The molecular formula is C13H12ClFN2. The number of nitrogens with two attached hydrogens (primary N) is 1. The first-order valence-corrected chi connectivity index (χ1v) is 5.53. The molecule has 0 aliphatic carbocycles. The van der Waals surface area contributed by atoms with E-state index in [0.717, 1.165) is 11.3 Å². The van der Waals surface area contributed by atoms with Gasteiger partial charge in [0, 0.05) is 11.8 Å². The molecule has 2 nitrogen and oxygen atoms in total. The molecule has 0 bridgehead atoms. The molecule has 0 aromatic heterocycles. The van der Waals surface area contributed by atoms with E-state index in [0.29, 0.717) is 11.4 Å². The smallest absolute Gasteiger partial charge is 0.143 e. The Bertz CT molecular complexity index is 555. The van der Waals surface area contributed by atoms with Crippen molar-refractivity contribution in [1.82, 2.24) is 0 Å². The number of aryl methyl sites for hydroxylation is 1. The van der Waals surface area contributed by atoms with Crippen molar-refractivity contribution in [3.8, 4) is 0 Å². The Balaban J connectivity index is 2.37. The van der Waals surface area contributed by atoms with Crippen molar-refractivity contribution in [2.75, 3.05) is 11.1 Å². The Morgan fingerprint density at radius 3 is 2.59 bits per heavy atom. The maximum Gasteiger partial charge on any atom is 0.143 e. The summed E-state index contributed by atoms with van der Waals surface area (Å²) >= 11 is 5.72. The van der Waals surface area contributed by atoms with E-state index >= 15 is 0 Å². The van der Waals surface area contributed by atoms with Gasteiger partial charge in [0.1, 0.15) is 5.82 Å². The fraction of sp³-hybridized carbons (Fsp3) is 0.0769. The number of anilines is 3. The van der Waals surface area contributed by atoms with Crippen molar-refractivity contribution >= 4 is 28.7 Å². The van der Waals surface area contributed by atoms with E-state index in [1.165, 1.54) is 12.1 Å². The van der Waals surface area contributed by atoms with Gasteiger partial charge < -0.3 is 11.1 Å². The van der Waals surface area contributed by atoms with E-state index in [4.69, 9.17) is 17.3 Å². The maximum atomic E-state index is 13.1. The molecule has 0 heterocycles. The van der Waals surface area contributed by atoms with Crippen LogP contribution < -0.4 is 11.1 Å². The third kappa shape index (κ3) is 2.50. The number of benzene rings is 2. The highest BCUT2D eigenvalue weighted by Crippen LogP contribution is 2.29. The van der Waals surface area contributed by atoms with E-state index in [2.05, 4.69) is 5.32 Å². The Morgan fingerprint density at radius 2 is 1.88 bits per heavy atom. The molecule has 2 aromatic carbocycles. The van der Waals surface area contributed by atoms with Crippen LogP contribution in [0.25, 0.3) is 0 Å². The molecule has 0 unspecified atom stereocenters. The lowest BCUT2D eigenvalue weighted by Crippen LogP contribution is -1.98. The van der Waals surface area contributed by atoms with Crippen molar-refractivity contribution < 1.29 is 4.39 Å². The summed E-state index contributed by atoms with van der Waals surface area (Å²) in [5, 5.41) is 3.18. The van der Waals surface area contributed by atoms with Gasteiger partial charge in [0.2, 0.25) is 0 Å². The first kappa shape index (κ1) is 11.7. The lowest BCUT2D eigenvalue weighted by atomic mass is 10.2. The lowest BCUT2D eigenvalue weighted by Gasteiger charge is -2.12. The van der Waals surface area contributed by atoms with Crippen LogP contribution >= 0.6 is 11.6 Å². The molecule has 0 fully saturated rings. The van der Waals surface area contributed by atoms with E-state index in [9.17, 15) is 4.39 Å². The van der Waals surface area contributed by atoms with Crippen molar-refractivity contribution in [3.63, 3.8) is 0 Å². The monoisotopic (exact) mass is 250 g/mol. The molecule has 0 radical (unpaired) electrons. The second-order valence-corrected chi connectivity index (χ2v) is 4.20. The largest absolute Gasteiger partial charge is 0.397 e. The minimum Gasteiger partial charge on any atom is -0.397 e. The summed E-state index contributed by atoms with van der Waals surface area (Å²) in [6, 6.07) is 10.5. The first-order valence-electron chi connectivity index (χ1n) is 5.15. The van der Waals surface area contributed by atoms with Crippen LogP contribution in [0.3, 0.4) is 0 Å². The Kier molecular flexibility index (Phi) is 3.20. The standard InChI is InChI=1S/C13H12ClFN2/c1-8-4-2-3-5-12(8)17-13-6-9(14)10(15)7-11(13)16/h2-7,17H,16H2,1H3. The molecule has 88 valence electrons. The molecule has 0 amide bonds. The van der Waals surface area contributed by atoms with Crippen LogP contribution in [0.2, 0.25) is 5.02 Å². The van der Waals surface area contributed by atoms with E-state index in [1.807, 2.05) is 31.2 Å². The maximum absolute atomic E-state index is 13.1. The highest BCUT2D eigenvalue weighted by molar-refractivity contribution is 6.31. The Hall–Kier alpha value is -1.74. The van der Waals surface area contributed by atoms with Gasteiger partial charge in [0.25, 0.3) is 0 Å². The van der Waals surface area contributed by atoms with Gasteiger partial charge in [-0.1, -0.05) is 29.8 Å². The Labute approximate surface area is 104 Å². The third-order valence-corrected chi connectivity index (χ3v) is 2.80. The quantitative estimate of drug-likeness (QED) is 0.787. The van der Waals surface area contributed by atoms with Crippen LogP contribution in [0.4, 0.5) is 21.5 Å². The van der Waals surface area contributed by atoms with Crippen LogP contribution in [-0.4, -0.2) is 0 Å². The van der Waals surface area contributed by atoms with Crippen molar-refractivity contribution in [2.24, 2.45) is 0 Å². The molecule has 0 aliphatic rings. The summed E-state index contributed by atoms with van der Waals surface area (Å²) in [5.41, 5.74) is 8.65. The molecule has 2 rings (SSSR count). The number of para-hydroxylation sites is 1. The average Bonchev–Trinajstić information content (AvgIpc) is 2.29. The van der Waals surface area contributed by atoms with Crippen LogP contribution in [0.1, 0.15) is 5.56 Å². The van der Waals surface area contributed by atoms with E-state index in [1.54, 1.807) is 0 Å². The number of halogens is 2. The van der Waals surface area contributed by atoms with Gasteiger partial charge in [-0.25, -0.2) is 4.39 Å². The van der Waals surface area contributed by atoms with Gasteiger partial charge in [0.15, 0.2) is 0 Å². The van der Waals surface area contributed by atoms with Gasteiger partial charge in [-0.3, -0.25) is 0 Å². The summed E-state index contributed by atoms with van der Waals surface area (Å²) < 4.78 is 13.1. The van der Waals surface area contributed by atoms with Gasteiger partial charge in [-0.15, -0.1) is 0 Å². The molecule has 0 spiro atoms. The molecule has 0 aliphatic heterocycles. The fourth-order valence-corrected chi connectivity index (χ4v) is 1.69. The minimum atomic E-state index is -0.514. The van der Waals surface area contributed by atoms with Crippen LogP contribution in [-0.2, 0) is 0 Å². The van der Waals surface area contributed by atoms with E-state index < -0.39 is 5.82 Å². The zero-order chi connectivity index (χ0) is 12.4. The minimum absolute atomic E-state index is 0.0512. The number of rotatable bonds is 2.